The average Bonchev–Trinajstić information content (AvgIpc) is 3.53. The van der Waals surface area contributed by atoms with Gasteiger partial charge in [0.1, 0.15) is 0 Å². The first-order chi connectivity index (χ1) is 15.1. The number of ether oxygens (including phenoxy) is 2. The van der Waals surface area contributed by atoms with Crippen LogP contribution < -0.4 is 14.8 Å². The van der Waals surface area contributed by atoms with E-state index in [9.17, 15) is 14.4 Å². The monoisotopic (exact) mass is 427 g/mol. The number of carbonyl (C=O) groups excluding carboxylic acids is 3. The summed E-state index contributed by atoms with van der Waals surface area (Å²) in [4.78, 5) is 41.9. The first kappa shape index (κ1) is 20.2. The zero-order valence-electron chi connectivity index (χ0n) is 17.7. The van der Waals surface area contributed by atoms with Crippen molar-refractivity contribution in [2.45, 2.75) is 51.0 Å². The van der Waals surface area contributed by atoms with Crippen LogP contribution in [0.3, 0.4) is 0 Å². The Bertz CT molecular complexity index is 874. The molecule has 1 N–H and O–H groups in total. The lowest BCUT2D eigenvalue weighted by atomic mass is 9.94. The van der Waals surface area contributed by atoms with Gasteiger partial charge in [-0.1, -0.05) is 12.8 Å². The third-order valence-electron chi connectivity index (χ3n) is 7.09. The van der Waals surface area contributed by atoms with E-state index in [1.807, 2.05) is 9.80 Å². The van der Waals surface area contributed by atoms with Gasteiger partial charge < -0.3 is 24.6 Å². The molecule has 0 radical (unpaired) electrons. The van der Waals surface area contributed by atoms with Gasteiger partial charge in [0.25, 0.3) is 0 Å². The van der Waals surface area contributed by atoms with Crippen LogP contribution >= 0.6 is 0 Å². The molecule has 1 aliphatic carbocycles. The van der Waals surface area contributed by atoms with E-state index in [1.54, 1.807) is 18.2 Å². The van der Waals surface area contributed by atoms with Crippen LogP contribution in [0.4, 0.5) is 5.69 Å². The smallest absolute Gasteiger partial charge is 0.231 e. The van der Waals surface area contributed by atoms with Crippen LogP contribution in [0.5, 0.6) is 11.5 Å². The zero-order valence-corrected chi connectivity index (χ0v) is 17.7. The van der Waals surface area contributed by atoms with Gasteiger partial charge in [0.2, 0.25) is 24.5 Å². The van der Waals surface area contributed by atoms with Crippen molar-refractivity contribution in [1.82, 2.24) is 9.80 Å². The van der Waals surface area contributed by atoms with E-state index in [4.69, 9.17) is 9.47 Å². The number of hydrogen-bond donors (Lipinski definition) is 1. The predicted molar refractivity (Wildman–Crippen MR) is 113 cm³/mol. The Kier molecular flexibility index (Phi) is 5.46. The Morgan fingerprint density at radius 3 is 2.48 bits per heavy atom. The van der Waals surface area contributed by atoms with E-state index in [0.717, 1.165) is 12.8 Å². The number of amides is 3. The third-order valence-corrected chi connectivity index (χ3v) is 7.09. The van der Waals surface area contributed by atoms with Gasteiger partial charge in [0, 0.05) is 49.8 Å². The molecule has 1 aromatic carbocycles. The molecule has 0 spiro atoms. The van der Waals surface area contributed by atoms with Crippen molar-refractivity contribution < 1.29 is 23.9 Å². The standard InChI is InChI=1S/C23H29N3O5/c27-21-11-16(13-26(21)18-3-1-2-4-18)23(29)25-9-7-15(8-10-25)22(28)24-17-5-6-19-20(12-17)31-14-30-19/h5-6,12,15-16,18H,1-4,7-11,13-14H2,(H,24,28). The lowest BCUT2D eigenvalue weighted by Gasteiger charge is -2.33. The van der Waals surface area contributed by atoms with Crippen LogP contribution in [-0.2, 0) is 14.4 Å². The van der Waals surface area contributed by atoms with E-state index in [2.05, 4.69) is 5.32 Å². The lowest BCUT2D eigenvalue weighted by Crippen LogP contribution is -2.44. The number of piperidine rings is 1. The minimum Gasteiger partial charge on any atom is -0.454 e. The second-order valence-corrected chi connectivity index (χ2v) is 9.04. The Morgan fingerprint density at radius 1 is 0.968 bits per heavy atom. The van der Waals surface area contributed by atoms with Gasteiger partial charge in [-0.25, -0.2) is 0 Å². The highest BCUT2D eigenvalue weighted by molar-refractivity contribution is 5.93. The molecule has 4 aliphatic rings. The molecule has 3 aliphatic heterocycles. The van der Waals surface area contributed by atoms with Crippen molar-refractivity contribution >= 4 is 23.4 Å². The van der Waals surface area contributed by atoms with Gasteiger partial charge in [0.05, 0.1) is 5.92 Å². The first-order valence-electron chi connectivity index (χ1n) is 11.4. The van der Waals surface area contributed by atoms with Crippen molar-refractivity contribution in [3.8, 4) is 11.5 Å². The molecule has 5 rings (SSSR count). The minimum absolute atomic E-state index is 0.0329. The molecule has 3 fully saturated rings. The molecule has 166 valence electrons. The Labute approximate surface area is 181 Å². The molecule has 1 atom stereocenters. The predicted octanol–water partition coefficient (Wildman–Crippen LogP) is 2.38. The molecular formula is C23H29N3O5. The van der Waals surface area contributed by atoms with Crippen molar-refractivity contribution in [3.63, 3.8) is 0 Å². The van der Waals surface area contributed by atoms with Crippen LogP contribution in [0.2, 0.25) is 0 Å². The van der Waals surface area contributed by atoms with E-state index in [0.29, 0.717) is 62.1 Å². The third kappa shape index (κ3) is 4.07. The highest BCUT2D eigenvalue weighted by Gasteiger charge is 2.41. The van der Waals surface area contributed by atoms with Gasteiger partial charge in [-0.2, -0.15) is 0 Å². The molecule has 8 heteroatoms. The number of benzene rings is 1. The summed E-state index contributed by atoms with van der Waals surface area (Å²) in [5.74, 6) is 1.13. The number of likely N-dealkylation sites (tertiary alicyclic amines) is 2. The minimum atomic E-state index is -0.230. The summed E-state index contributed by atoms with van der Waals surface area (Å²) in [5.41, 5.74) is 0.684. The molecule has 1 saturated carbocycles. The molecule has 31 heavy (non-hydrogen) atoms. The first-order valence-corrected chi connectivity index (χ1v) is 11.4. The second-order valence-electron chi connectivity index (χ2n) is 9.04. The van der Waals surface area contributed by atoms with Crippen LogP contribution in [0, 0.1) is 11.8 Å². The maximum atomic E-state index is 13.0. The highest BCUT2D eigenvalue weighted by atomic mass is 16.7. The van der Waals surface area contributed by atoms with Crippen LogP contribution in [0.25, 0.3) is 0 Å². The van der Waals surface area contributed by atoms with Gasteiger partial charge >= 0.3 is 0 Å². The fourth-order valence-corrected chi connectivity index (χ4v) is 5.30. The molecule has 0 bridgehead atoms. The summed E-state index contributed by atoms with van der Waals surface area (Å²) in [6.45, 7) is 1.88. The second kappa shape index (κ2) is 8.40. The fraction of sp³-hybridized carbons (Fsp3) is 0.609. The summed E-state index contributed by atoms with van der Waals surface area (Å²) in [6, 6.07) is 5.69. The SMILES string of the molecule is O=C(Nc1ccc2c(c1)OCO2)C1CCN(C(=O)C2CC(=O)N(C3CCCC3)C2)CC1. The van der Waals surface area contributed by atoms with Crippen molar-refractivity contribution in [3.05, 3.63) is 18.2 Å². The molecule has 0 aromatic heterocycles. The molecule has 2 saturated heterocycles. The molecule has 1 unspecified atom stereocenters. The van der Waals surface area contributed by atoms with Crippen molar-refractivity contribution in [1.29, 1.82) is 0 Å². The Morgan fingerprint density at radius 2 is 1.71 bits per heavy atom. The number of hydrogen-bond acceptors (Lipinski definition) is 5. The number of nitrogens with zero attached hydrogens (tertiary/aromatic N) is 2. The topological polar surface area (TPSA) is 88.2 Å². The number of rotatable bonds is 4. The fourth-order valence-electron chi connectivity index (χ4n) is 5.30. The van der Waals surface area contributed by atoms with E-state index in [-0.39, 0.29) is 36.4 Å². The summed E-state index contributed by atoms with van der Waals surface area (Å²) >= 11 is 0. The largest absolute Gasteiger partial charge is 0.454 e. The van der Waals surface area contributed by atoms with Crippen LogP contribution in [0.1, 0.15) is 44.9 Å². The van der Waals surface area contributed by atoms with E-state index in [1.165, 1.54) is 12.8 Å². The number of carbonyl (C=O) groups is 3. The summed E-state index contributed by atoms with van der Waals surface area (Å²) in [7, 11) is 0. The number of nitrogens with one attached hydrogen (secondary N) is 1. The summed E-state index contributed by atoms with van der Waals surface area (Å²) < 4.78 is 10.7. The Balaban J connectivity index is 1.12. The molecule has 3 amide bonds. The maximum absolute atomic E-state index is 13.0. The molecule has 3 heterocycles. The molecule has 8 nitrogen and oxygen atoms in total. The quantitative estimate of drug-likeness (QED) is 0.797. The zero-order chi connectivity index (χ0) is 21.4. The summed E-state index contributed by atoms with van der Waals surface area (Å²) in [6.07, 6.45) is 6.08. The van der Waals surface area contributed by atoms with Crippen molar-refractivity contribution in [2.75, 3.05) is 31.7 Å². The van der Waals surface area contributed by atoms with Gasteiger partial charge in [-0.3, -0.25) is 14.4 Å². The van der Waals surface area contributed by atoms with E-state index < -0.39 is 0 Å². The molecule has 1 aromatic rings. The Hall–Kier alpha value is -2.77. The van der Waals surface area contributed by atoms with Crippen LogP contribution in [0.15, 0.2) is 18.2 Å². The van der Waals surface area contributed by atoms with Crippen molar-refractivity contribution in [2.24, 2.45) is 11.8 Å². The van der Waals surface area contributed by atoms with Gasteiger partial charge in [0.15, 0.2) is 11.5 Å². The number of fused-ring (bicyclic) bond motifs is 1. The molecular weight excluding hydrogens is 398 g/mol. The normalized spacial score (nSPS) is 24.1. The van der Waals surface area contributed by atoms with Gasteiger partial charge in [-0.05, 0) is 37.8 Å². The number of anilines is 1. The average molecular weight is 428 g/mol. The van der Waals surface area contributed by atoms with Crippen LogP contribution in [-0.4, -0.2) is 60.0 Å². The van der Waals surface area contributed by atoms with E-state index >= 15 is 0 Å². The lowest BCUT2D eigenvalue weighted by molar-refractivity contribution is -0.138. The maximum Gasteiger partial charge on any atom is 0.231 e. The highest BCUT2D eigenvalue weighted by Crippen LogP contribution is 2.35. The summed E-state index contributed by atoms with van der Waals surface area (Å²) in [5, 5.41) is 2.95. The van der Waals surface area contributed by atoms with Gasteiger partial charge in [-0.15, -0.1) is 0 Å².